The average Bonchev–Trinajstić information content (AvgIpc) is 2.66. The Kier molecular flexibility index (Phi) is 7.13. The van der Waals surface area contributed by atoms with Crippen LogP contribution < -0.4 is 5.32 Å². The highest BCUT2D eigenvalue weighted by Crippen LogP contribution is 2.19. The number of aryl methyl sites for hydroxylation is 2. The second kappa shape index (κ2) is 8.35. The SMILES string of the molecule is Cc1nc(SCC(=O)NC(C)CCCC(C)C)oc1C. The molecule has 0 aliphatic heterocycles. The number of carbonyl (C=O) groups is 1. The van der Waals surface area contributed by atoms with Crippen LogP contribution in [-0.2, 0) is 4.79 Å². The van der Waals surface area contributed by atoms with Gasteiger partial charge in [-0.1, -0.05) is 38.5 Å². The summed E-state index contributed by atoms with van der Waals surface area (Å²) in [6.07, 6.45) is 3.40. The molecule has 0 aliphatic rings. The van der Waals surface area contributed by atoms with E-state index in [1.165, 1.54) is 18.2 Å². The van der Waals surface area contributed by atoms with E-state index >= 15 is 0 Å². The number of hydrogen-bond donors (Lipinski definition) is 1. The van der Waals surface area contributed by atoms with Crippen LogP contribution in [0.2, 0.25) is 0 Å². The van der Waals surface area contributed by atoms with Crippen LogP contribution in [0, 0.1) is 19.8 Å². The van der Waals surface area contributed by atoms with Crippen molar-refractivity contribution in [1.82, 2.24) is 10.3 Å². The number of carbonyl (C=O) groups excluding carboxylic acids is 1. The maximum atomic E-state index is 11.8. The summed E-state index contributed by atoms with van der Waals surface area (Å²) in [4.78, 5) is 16.1. The molecule has 1 rings (SSSR count). The molecular weight excluding hydrogens is 272 g/mol. The van der Waals surface area contributed by atoms with E-state index in [2.05, 4.69) is 31.1 Å². The first-order valence-electron chi connectivity index (χ1n) is 7.24. The van der Waals surface area contributed by atoms with Gasteiger partial charge in [0, 0.05) is 6.04 Å². The maximum Gasteiger partial charge on any atom is 0.256 e. The Morgan fingerprint density at radius 1 is 1.30 bits per heavy atom. The van der Waals surface area contributed by atoms with Gasteiger partial charge in [0.1, 0.15) is 5.76 Å². The third kappa shape index (κ3) is 6.46. The van der Waals surface area contributed by atoms with Crippen molar-refractivity contribution >= 4 is 17.7 Å². The van der Waals surface area contributed by atoms with Crippen LogP contribution in [0.3, 0.4) is 0 Å². The molecule has 0 aromatic carbocycles. The summed E-state index contributed by atoms with van der Waals surface area (Å²) in [5.41, 5.74) is 0.884. The Morgan fingerprint density at radius 2 is 2.00 bits per heavy atom. The standard InChI is InChI=1S/C15H26N2O2S/c1-10(2)7-6-8-11(3)16-14(18)9-20-15-17-12(4)13(5)19-15/h10-11H,6-9H2,1-5H3,(H,16,18). The van der Waals surface area contributed by atoms with E-state index in [1.54, 1.807) is 0 Å². The van der Waals surface area contributed by atoms with Crippen LogP contribution in [0.1, 0.15) is 51.5 Å². The predicted molar refractivity (Wildman–Crippen MR) is 83.0 cm³/mol. The lowest BCUT2D eigenvalue weighted by Crippen LogP contribution is -2.33. The normalized spacial score (nSPS) is 12.7. The highest BCUT2D eigenvalue weighted by Gasteiger charge is 2.11. The van der Waals surface area contributed by atoms with E-state index in [9.17, 15) is 4.79 Å². The van der Waals surface area contributed by atoms with Crippen molar-refractivity contribution in [2.24, 2.45) is 5.92 Å². The lowest BCUT2D eigenvalue weighted by molar-refractivity contribution is -0.119. The molecule has 1 heterocycles. The predicted octanol–water partition coefficient (Wildman–Crippen LogP) is 3.71. The van der Waals surface area contributed by atoms with Crippen molar-refractivity contribution in [3.05, 3.63) is 11.5 Å². The highest BCUT2D eigenvalue weighted by atomic mass is 32.2. The molecule has 0 fully saturated rings. The number of thioether (sulfide) groups is 1. The summed E-state index contributed by atoms with van der Waals surface area (Å²) in [5.74, 6) is 1.94. The summed E-state index contributed by atoms with van der Waals surface area (Å²) >= 11 is 1.34. The van der Waals surface area contributed by atoms with Gasteiger partial charge in [0.15, 0.2) is 0 Å². The molecule has 4 nitrogen and oxygen atoms in total. The second-order valence-corrected chi connectivity index (χ2v) is 6.63. The van der Waals surface area contributed by atoms with Crippen molar-refractivity contribution < 1.29 is 9.21 Å². The molecule has 1 unspecified atom stereocenters. The van der Waals surface area contributed by atoms with Crippen LogP contribution in [0.25, 0.3) is 0 Å². The molecule has 1 amide bonds. The number of nitrogens with zero attached hydrogens (tertiary/aromatic N) is 1. The smallest absolute Gasteiger partial charge is 0.256 e. The van der Waals surface area contributed by atoms with Gasteiger partial charge in [0.2, 0.25) is 5.91 Å². The van der Waals surface area contributed by atoms with Gasteiger partial charge < -0.3 is 9.73 Å². The van der Waals surface area contributed by atoms with Crippen molar-refractivity contribution in [2.45, 2.75) is 65.1 Å². The first kappa shape index (κ1) is 17.1. The minimum absolute atomic E-state index is 0.0422. The fourth-order valence-corrected chi connectivity index (χ4v) is 2.58. The van der Waals surface area contributed by atoms with Crippen LogP contribution in [0.4, 0.5) is 0 Å². The van der Waals surface area contributed by atoms with Crippen LogP contribution in [0.5, 0.6) is 0 Å². The second-order valence-electron chi connectivity index (χ2n) is 5.70. The molecule has 114 valence electrons. The monoisotopic (exact) mass is 298 g/mol. The summed E-state index contributed by atoms with van der Waals surface area (Å²) in [6, 6.07) is 0.231. The molecule has 1 aromatic heterocycles. The van der Waals surface area contributed by atoms with E-state index in [4.69, 9.17) is 4.42 Å². The van der Waals surface area contributed by atoms with E-state index in [0.29, 0.717) is 11.0 Å². The number of aromatic nitrogens is 1. The zero-order valence-electron chi connectivity index (χ0n) is 13.2. The number of amides is 1. The maximum absolute atomic E-state index is 11.8. The molecule has 0 bridgehead atoms. The van der Waals surface area contributed by atoms with Crippen LogP contribution in [0.15, 0.2) is 9.64 Å². The van der Waals surface area contributed by atoms with Gasteiger partial charge in [-0.25, -0.2) is 4.98 Å². The summed E-state index contributed by atoms with van der Waals surface area (Å²) in [6.45, 7) is 10.3. The number of rotatable bonds is 8. The first-order chi connectivity index (χ1) is 9.38. The van der Waals surface area contributed by atoms with E-state index in [-0.39, 0.29) is 11.9 Å². The first-order valence-corrected chi connectivity index (χ1v) is 8.23. The molecule has 0 spiro atoms. The fourth-order valence-electron chi connectivity index (χ4n) is 1.85. The van der Waals surface area contributed by atoms with Crippen LogP contribution in [-0.4, -0.2) is 22.7 Å². The fraction of sp³-hybridized carbons (Fsp3) is 0.733. The highest BCUT2D eigenvalue weighted by molar-refractivity contribution is 7.99. The Bertz CT molecular complexity index is 410. The number of oxazole rings is 1. The van der Waals surface area contributed by atoms with Gasteiger partial charge in [-0.15, -0.1) is 0 Å². The summed E-state index contributed by atoms with van der Waals surface area (Å²) in [7, 11) is 0. The zero-order chi connectivity index (χ0) is 15.1. The van der Waals surface area contributed by atoms with E-state index in [1.807, 2.05) is 13.8 Å². The molecule has 0 radical (unpaired) electrons. The molecule has 1 atom stereocenters. The van der Waals surface area contributed by atoms with Crippen molar-refractivity contribution in [2.75, 3.05) is 5.75 Å². The lowest BCUT2D eigenvalue weighted by atomic mass is 10.0. The van der Waals surface area contributed by atoms with Gasteiger partial charge in [-0.3, -0.25) is 4.79 Å². The average molecular weight is 298 g/mol. The number of nitrogens with one attached hydrogen (secondary N) is 1. The van der Waals surface area contributed by atoms with E-state index in [0.717, 1.165) is 30.2 Å². The third-order valence-electron chi connectivity index (χ3n) is 3.16. The molecule has 1 aromatic rings. The summed E-state index contributed by atoms with van der Waals surface area (Å²) < 4.78 is 5.43. The van der Waals surface area contributed by atoms with Crippen LogP contribution >= 0.6 is 11.8 Å². The van der Waals surface area contributed by atoms with Crippen molar-refractivity contribution in [1.29, 1.82) is 0 Å². The van der Waals surface area contributed by atoms with Gasteiger partial charge in [0.05, 0.1) is 11.4 Å². The van der Waals surface area contributed by atoms with Crippen molar-refractivity contribution in [3.8, 4) is 0 Å². The minimum Gasteiger partial charge on any atom is -0.437 e. The molecule has 20 heavy (non-hydrogen) atoms. The van der Waals surface area contributed by atoms with Crippen molar-refractivity contribution in [3.63, 3.8) is 0 Å². The van der Waals surface area contributed by atoms with Gasteiger partial charge in [-0.05, 0) is 33.1 Å². The Labute approximate surface area is 126 Å². The molecule has 5 heteroatoms. The van der Waals surface area contributed by atoms with Gasteiger partial charge in [-0.2, -0.15) is 0 Å². The van der Waals surface area contributed by atoms with E-state index < -0.39 is 0 Å². The number of hydrogen-bond acceptors (Lipinski definition) is 4. The zero-order valence-corrected chi connectivity index (χ0v) is 14.0. The van der Waals surface area contributed by atoms with Gasteiger partial charge in [0.25, 0.3) is 5.22 Å². The largest absolute Gasteiger partial charge is 0.437 e. The minimum atomic E-state index is 0.0422. The molecular formula is C15H26N2O2S. The molecule has 0 saturated heterocycles. The quantitative estimate of drug-likeness (QED) is 0.743. The Hall–Kier alpha value is -0.970. The molecule has 0 aliphatic carbocycles. The van der Waals surface area contributed by atoms with Gasteiger partial charge >= 0.3 is 0 Å². The Morgan fingerprint density at radius 3 is 2.55 bits per heavy atom. The topological polar surface area (TPSA) is 55.1 Å². The third-order valence-corrected chi connectivity index (χ3v) is 3.99. The lowest BCUT2D eigenvalue weighted by Gasteiger charge is -2.14. The molecule has 0 saturated carbocycles. The molecule has 1 N–H and O–H groups in total. The Balaban J connectivity index is 2.22. The summed E-state index contributed by atoms with van der Waals surface area (Å²) in [5, 5.41) is 3.59.